The summed E-state index contributed by atoms with van der Waals surface area (Å²) < 4.78 is 4.98. The molecule has 3 aromatic rings. The van der Waals surface area contributed by atoms with E-state index >= 15 is 0 Å². The van der Waals surface area contributed by atoms with E-state index in [1.54, 1.807) is 55.5 Å². The monoisotopic (exact) mass is 414 g/mol. The number of ether oxygens (including phenoxy) is 1. The molecule has 0 fully saturated rings. The van der Waals surface area contributed by atoms with Crippen LogP contribution in [0.1, 0.15) is 48.4 Å². The number of hydrogen-bond donors (Lipinski definition) is 1. The van der Waals surface area contributed by atoms with Crippen LogP contribution in [0.2, 0.25) is 0 Å². The molecule has 0 atom stereocenters. The van der Waals surface area contributed by atoms with Crippen molar-refractivity contribution in [3.63, 3.8) is 0 Å². The molecule has 1 heterocycles. The van der Waals surface area contributed by atoms with Crippen molar-refractivity contribution in [2.75, 3.05) is 16.8 Å². The topological polar surface area (TPSA) is 92.8 Å². The van der Waals surface area contributed by atoms with Gasteiger partial charge in [-0.2, -0.15) is 0 Å². The molecule has 0 unspecified atom stereocenters. The van der Waals surface area contributed by atoms with E-state index in [1.807, 2.05) is 6.07 Å². The van der Waals surface area contributed by atoms with Gasteiger partial charge in [0, 0.05) is 11.3 Å². The smallest absolute Gasteiger partial charge is 0.338 e. The molecule has 7 heteroatoms. The van der Waals surface area contributed by atoms with Crippen LogP contribution in [0.15, 0.2) is 72.8 Å². The summed E-state index contributed by atoms with van der Waals surface area (Å²) in [6.07, 6.45) is 0. The minimum Gasteiger partial charge on any atom is -0.462 e. The fraction of sp³-hybridized carbons (Fsp3) is 0.0833. The third-order valence-electron chi connectivity index (χ3n) is 4.80. The summed E-state index contributed by atoms with van der Waals surface area (Å²) in [6.45, 7) is 1.91. The fourth-order valence-electron chi connectivity index (χ4n) is 3.33. The first kappa shape index (κ1) is 20.0. The number of benzene rings is 3. The molecule has 4 rings (SSSR count). The molecular weight excluding hydrogens is 396 g/mol. The van der Waals surface area contributed by atoms with Crippen molar-refractivity contribution >= 4 is 35.1 Å². The van der Waals surface area contributed by atoms with Gasteiger partial charge in [0.15, 0.2) is 0 Å². The van der Waals surface area contributed by atoms with E-state index in [9.17, 15) is 19.2 Å². The second kappa shape index (κ2) is 8.23. The third kappa shape index (κ3) is 3.81. The average Bonchev–Trinajstić information content (AvgIpc) is 3.04. The molecule has 0 radical (unpaired) electrons. The lowest BCUT2D eigenvalue weighted by Crippen LogP contribution is -2.29. The highest BCUT2D eigenvalue weighted by Gasteiger charge is 2.37. The molecule has 3 aromatic carbocycles. The molecule has 0 aliphatic carbocycles. The van der Waals surface area contributed by atoms with Crippen LogP contribution in [-0.2, 0) is 4.74 Å². The number of carbonyl (C=O) groups excluding carboxylic acids is 4. The van der Waals surface area contributed by atoms with Crippen molar-refractivity contribution < 1.29 is 23.9 Å². The lowest BCUT2D eigenvalue weighted by Gasteiger charge is -2.14. The molecule has 1 aliphatic heterocycles. The summed E-state index contributed by atoms with van der Waals surface area (Å²) in [4.78, 5) is 51.3. The second-order valence-corrected chi connectivity index (χ2v) is 6.80. The molecule has 7 nitrogen and oxygen atoms in total. The highest BCUT2D eigenvalue weighted by Crippen LogP contribution is 2.31. The standard InChI is InChI=1S/C24H18N2O5/c1-2-31-24(30)16-9-6-10-18(13-16)26-22(28)19-12-11-17(14-20(19)23(26)29)25-21(27)15-7-4-3-5-8-15/h3-14H,2H2,1H3,(H,25,27). The highest BCUT2D eigenvalue weighted by molar-refractivity contribution is 6.34. The van der Waals surface area contributed by atoms with Crippen LogP contribution < -0.4 is 10.2 Å². The van der Waals surface area contributed by atoms with Crippen molar-refractivity contribution in [3.8, 4) is 0 Å². The van der Waals surface area contributed by atoms with Crippen molar-refractivity contribution in [3.05, 3.63) is 95.1 Å². The molecule has 0 spiro atoms. The number of anilines is 2. The Kier molecular flexibility index (Phi) is 5.32. The van der Waals surface area contributed by atoms with E-state index in [4.69, 9.17) is 4.74 Å². The zero-order chi connectivity index (χ0) is 22.0. The van der Waals surface area contributed by atoms with E-state index in [0.29, 0.717) is 11.3 Å². The van der Waals surface area contributed by atoms with Crippen molar-refractivity contribution in [2.45, 2.75) is 6.92 Å². The summed E-state index contributed by atoms with van der Waals surface area (Å²) >= 11 is 0. The van der Waals surface area contributed by atoms with Gasteiger partial charge in [-0.15, -0.1) is 0 Å². The van der Waals surface area contributed by atoms with E-state index in [1.165, 1.54) is 18.2 Å². The Hall–Kier alpha value is -4.26. The van der Waals surface area contributed by atoms with E-state index in [2.05, 4.69) is 5.32 Å². The Balaban J connectivity index is 1.61. The summed E-state index contributed by atoms with van der Waals surface area (Å²) in [7, 11) is 0. The lowest BCUT2D eigenvalue weighted by molar-refractivity contribution is 0.0525. The first-order valence-electron chi connectivity index (χ1n) is 9.66. The maximum Gasteiger partial charge on any atom is 0.338 e. The van der Waals surface area contributed by atoms with Crippen LogP contribution in [0.25, 0.3) is 0 Å². The maximum atomic E-state index is 13.0. The second-order valence-electron chi connectivity index (χ2n) is 6.80. The SMILES string of the molecule is CCOC(=O)c1cccc(N2C(=O)c3ccc(NC(=O)c4ccccc4)cc3C2=O)c1. The van der Waals surface area contributed by atoms with Crippen LogP contribution in [0.4, 0.5) is 11.4 Å². The van der Waals surface area contributed by atoms with Crippen LogP contribution in [0.5, 0.6) is 0 Å². The Morgan fingerprint density at radius 2 is 1.55 bits per heavy atom. The van der Waals surface area contributed by atoms with Crippen LogP contribution in [0, 0.1) is 0 Å². The zero-order valence-corrected chi connectivity index (χ0v) is 16.6. The van der Waals surface area contributed by atoms with Gasteiger partial charge in [-0.05, 0) is 55.5 Å². The van der Waals surface area contributed by atoms with Gasteiger partial charge in [-0.3, -0.25) is 14.4 Å². The Bertz CT molecular complexity index is 1200. The molecule has 0 saturated carbocycles. The van der Waals surface area contributed by atoms with E-state index < -0.39 is 17.8 Å². The minimum absolute atomic E-state index is 0.178. The number of carbonyl (C=O) groups is 4. The molecule has 0 saturated heterocycles. The summed E-state index contributed by atoms with van der Waals surface area (Å²) in [6, 6.07) is 19.4. The predicted octanol–water partition coefficient (Wildman–Crippen LogP) is 3.92. The van der Waals surface area contributed by atoms with Crippen molar-refractivity contribution in [2.24, 2.45) is 0 Å². The van der Waals surface area contributed by atoms with Gasteiger partial charge in [0.1, 0.15) is 0 Å². The van der Waals surface area contributed by atoms with Crippen molar-refractivity contribution in [1.82, 2.24) is 0 Å². The van der Waals surface area contributed by atoms with Crippen LogP contribution in [-0.4, -0.2) is 30.3 Å². The normalized spacial score (nSPS) is 12.5. The number of imide groups is 1. The first-order valence-corrected chi connectivity index (χ1v) is 9.66. The molecule has 154 valence electrons. The molecule has 1 N–H and O–H groups in total. The molecule has 1 aliphatic rings. The number of hydrogen-bond acceptors (Lipinski definition) is 5. The van der Waals surface area contributed by atoms with Crippen LogP contribution in [0.3, 0.4) is 0 Å². The third-order valence-corrected chi connectivity index (χ3v) is 4.80. The van der Waals surface area contributed by atoms with Crippen molar-refractivity contribution in [1.29, 1.82) is 0 Å². The van der Waals surface area contributed by atoms with E-state index in [-0.39, 0.29) is 34.9 Å². The average molecular weight is 414 g/mol. The fourth-order valence-corrected chi connectivity index (χ4v) is 3.33. The molecule has 0 aromatic heterocycles. The number of fused-ring (bicyclic) bond motifs is 1. The predicted molar refractivity (Wildman–Crippen MR) is 114 cm³/mol. The zero-order valence-electron chi connectivity index (χ0n) is 16.6. The Labute approximate surface area is 178 Å². The van der Waals surface area contributed by atoms with Gasteiger partial charge in [0.05, 0.1) is 29.0 Å². The largest absolute Gasteiger partial charge is 0.462 e. The van der Waals surface area contributed by atoms with Gasteiger partial charge in [-0.1, -0.05) is 24.3 Å². The van der Waals surface area contributed by atoms with Gasteiger partial charge >= 0.3 is 5.97 Å². The van der Waals surface area contributed by atoms with Gasteiger partial charge in [-0.25, -0.2) is 9.69 Å². The highest BCUT2D eigenvalue weighted by atomic mass is 16.5. The molecule has 3 amide bonds. The van der Waals surface area contributed by atoms with Gasteiger partial charge in [0.25, 0.3) is 17.7 Å². The summed E-state index contributed by atoms with van der Waals surface area (Å²) in [5.41, 5.74) is 1.79. The summed E-state index contributed by atoms with van der Waals surface area (Å²) in [5, 5.41) is 2.73. The van der Waals surface area contributed by atoms with Gasteiger partial charge < -0.3 is 10.1 Å². The molecule has 31 heavy (non-hydrogen) atoms. The van der Waals surface area contributed by atoms with Crippen LogP contribution >= 0.6 is 0 Å². The first-order chi connectivity index (χ1) is 15.0. The summed E-state index contributed by atoms with van der Waals surface area (Å²) in [5.74, 6) is -1.89. The number of esters is 1. The van der Waals surface area contributed by atoms with E-state index in [0.717, 1.165) is 4.90 Å². The number of nitrogens with zero attached hydrogens (tertiary/aromatic N) is 1. The number of rotatable bonds is 5. The molecule has 0 bridgehead atoms. The lowest BCUT2D eigenvalue weighted by atomic mass is 10.1. The quantitative estimate of drug-likeness (QED) is 0.505. The molecular formula is C24H18N2O5. The number of amides is 3. The number of nitrogens with one attached hydrogen (secondary N) is 1. The maximum absolute atomic E-state index is 13.0. The Morgan fingerprint density at radius 1 is 0.839 bits per heavy atom. The minimum atomic E-state index is -0.535. The van der Waals surface area contributed by atoms with Gasteiger partial charge in [0.2, 0.25) is 0 Å². The Morgan fingerprint density at radius 3 is 2.29 bits per heavy atom.